The maximum Gasteiger partial charge on any atom is 0.282 e. The molecule has 0 unspecified atom stereocenters. The van der Waals surface area contributed by atoms with E-state index in [9.17, 15) is 4.79 Å². The van der Waals surface area contributed by atoms with Gasteiger partial charge in [-0.2, -0.15) is 9.78 Å². The molecule has 0 N–H and O–H groups in total. The number of fused-ring (bicyclic) bond motifs is 3. The number of benzene rings is 1. The molecule has 0 radical (unpaired) electrons. The zero-order valence-electron chi connectivity index (χ0n) is 15.6. The highest BCUT2D eigenvalue weighted by Crippen LogP contribution is 2.33. The molecule has 4 rings (SSSR count). The van der Waals surface area contributed by atoms with Crippen molar-refractivity contribution in [2.75, 3.05) is 6.61 Å². The van der Waals surface area contributed by atoms with Gasteiger partial charge in [-0.25, -0.2) is 4.98 Å². The first-order chi connectivity index (χ1) is 13.1. The zero-order valence-corrected chi connectivity index (χ0v) is 16.5. The summed E-state index contributed by atoms with van der Waals surface area (Å²) in [5.74, 6) is 1.21. The van der Waals surface area contributed by atoms with E-state index in [1.807, 2.05) is 24.3 Å². The summed E-state index contributed by atoms with van der Waals surface area (Å²) in [7, 11) is 0. The largest absolute Gasteiger partial charge is 0.493 e. The Morgan fingerprint density at radius 3 is 2.96 bits per heavy atom. The second-order valence-electron chi connectivity index (χ2n) is 7.27. The number of thiophene rings is 1. The monoisotopic (exact) mass is 381 g/mol. The lowest BCUT2D eigenvalue weighted by molar-refractivity contribution is 0.270. The second kappa shape index (κ2) is 7.64. The van der Waals surface area contributed by atoms with Crippen molar-refractivity contribution in [2.45, 2.75) is 39.5 Å². The highest BCUT2D eigenvalue weighted by atomic mass is 32.1. The highest BCUT2D eigenvalue weighted by molar-refractivity contribution is 7.18. The van der Waals surface area contributed by atoms with Gasteiger partial charge in [-0.1, -0.05) is 26.0 Å². The third-order valence-corrected chi connectivity index (χ3v) is 5.87. The molecule has 3 aromatic rings. The molecule has 0 fully saturated rings. The first kappa shape index (κ1) is 17.9. The quantitative estimate of drug-likeness (QED) is 0.621. The van der Waals surface area contributed by atoms with E-state index < -0.39 is 0 Å². The van der Waals surface area contributed by atoms with Gasteiger partial charge in [0.25, 0.3) is 5.56 Å². The van der Waals surface area contributed by atoms with E-state index in [-0.39, 0.29) is 5.56 Å². The Hall–Kier alpha value is -2.47. The number of para-hydroxylation sites is 1. The molecule has 0 aliphatic heterocycles. The van der Waals surface area contributed by atoms with Gasteiger partial charge < -0.3 is 4.74 Å². The van der Waals surface area contributed by atoms with Gasteiger partial charge in [0.1, 0.15) is 16.9 Å². The van der Waals surface area contributed by atoms with E-state index in [0.29, 0.717) is 12.5 Å². The molecule has 1 aliphatic carbocycles. The number of rotatable bonds is 5. The fourth-order valence-electron chi connectivity index (χ4n) is 3.32. The summed E-state index contributed by atoms with van der Waals surface area (Å²) >= 11 is 1.65. The number of hydrogen-bond donors (Lipinski definition) is 0. The van der Waals surface area contributed by atoms with Crippen LogP contribution in [0.1, 0.15) is 42.7 Å². The van der Waals surface area contributed by atoms with Crippen LogP contribution in [0.5, 0.6) is 5.75 Å². The Balaban J connectivity index is 1.68. The number of ether oxygens (including phenoxy) is 1. The molecule has 1 aromatic carbocycles. The van der Waals surface area contributed by atoms with Crippen molar-refractivity contribution in [3.05, 3.63) is 57.0 Å². The third kappa shape index (κ3) is 3.67. The minimum absolute atomic E-state index is 0.0868. The van der Waals surface area contributed by atoms with Crippen molar-refractivity contribution in [1.82, 2.24) is 9.66 Å². The zero-order chi connectivity index (χ0) is 18.8. The summed E-state index contributed by atoms with van der Waals surface area (Å²) in [6.45, 7) is 4.86. The standard InChI is InChI=1S/C21H23N3O2S/c1-14(2)12-26-17-9-5-3-7-15(17)11-23-24-13-22-20-19(21(24)25)16-8-4-6-10-18(16)27-20/h3,5,7,9,11,13-14H,4,6,8,10,12H2,1-2H3/b23-11-. The fourth-order valence-corrected chi connectivity index (χ4v) is 4.54. The minimum atomic E-state index is -0.0868. The van der Waals surface area contributed by atoms with Crippen molar-refractivity contribution in [3.8, 4) is 5.75 Å². The minimum Gasteiger partial charge on any atom is -0.493 e. The van der Waals surface area contributed by atoms with Gasteiger partial charge in [-0.15, -0.1) is 11.3 Å². The molecule has 0 bridgehead atoms. The maximum absolute atomic E-state index is 13.0. The van der Waals surface area contributed by atoms with Crippen molar-refractivity contribution in [3.63, 3.8) is 0 Å². The summed E-state index contributed by atoms with van der Waals surface area (Å²) in [6.07, 6.45) is 7.53. The molecule has 0 saturated carbocycles. The first-order valence-corrected chi connectivity index (χ1v) is 10.2. The SMILES string of the molecule is CC(C)COc1ccccc1/C=N\n1cnc2sc3c(c2c1=O)CCCC3. The van der Waals surface area contributed by atoms with Crippen molar-refractivity contribution in [1.29, 1.82) is 0 Å². The van der Waals surface area contributed by atoms with E-state index in [1.54, 1.807) is 17.6 Å². The van der Waals surface area contributed by atoms with Gasteiger partial charge >= 0.3 is 0 Å². The molecule has 6 heteroatoms. The fraction of sp³-hybridized carbons (Fsp3) is 0.381. The molecule has 27 heavy (non-hydrogen) atoms. The molecular weight excluding hydrogens is 358 g/mol. The van der Waals surface area contributed by atoms with E-state index in [0.717, 1.165) is 40.8 Å². The molecule has 0 spiro atoms. The molecule has 0 atom stereocenters. The third-order valence-electron chi connectivity index (χ3n) is 4.67. The average Bonchev–Trinajstić information content (AvgIpc) is 3.06. The van der Waals surface area contributed by atoms with Crippen LogP contribution in [0.25, 0.3) is 10.2 Å². The van der Waals surface area contributed by atoms with Gasteiger partial charge in [0.15, 0.2) is 0 Å². The summed E-state index contributed by atoms with van der Waals surface area (Å²) in [6, 6.07) is 7.72. The first-order valence-electron chi connectivity index (χ1n) is 9.41. The van der Waals surface area contributed by atoms with E-state index in [1.165, 1.54) is 27.9 Å². The molecule has 1 aliphatic rings. The number of hydrogen-bond acceptors (Lipinski definition) is 5. The number of aryl methyl sites for hydroxylation is 2. The Labute approximate surface area is 162 Å². The normalized spacial score (nSPS) is 14.2. The van der Waals surface area contributed by atoms with Crippen LogP contribution in [0, 0.1) is 5.92 Å². The van der Waals surface area contributed by atoms with Crippen LogP contribution in [0.15, 0.2) is 40.5 Å². The van der Waals surface area contributed by atoms with Crippen molar-refractivity contribution < 1.29 is 4.74 Å². The van der Waals surface area contributed by atoms with Crippen molar-refractivity contribution >= 4 is 27.8 Å². The Morgan fingerprint density at radius 2 is 2.11 bits per heavy atom. The lowest BCUT2D eigenvalue weighted by Gasteiger charge is -2.11. The predicted molar refractivity (Wildman–Crippen MR) is 110 cm³/mol. The van der Waals surface area contributed by atoms with Crippen LogP contribution < -0.4 is 10.3 Å². The van der Waals surface area contributed by atoms with Gasteiger partial charge in [0.2, 0.25) is 0 Å². The summed E-state index contributed by atoms with van der Waals surface area (Å²) in [5, 5.41) is 5.13. The molecule has 5 nitrogen and oxygen atoms in total. The van der Waals surface area contributed by atoms with Crippen LogP contribution in [0.3, 0.4) is 0 Å². The summed E-state index contributed by atoms with van der Waals surface area (Å²) in [4.78, 5) is 19.6. The van der Waals surface area contributed by atoms with Crippen LogP contribution in [0.4, 0.5) is 0 Å². The Kier molecular flexibility index (Phi) is 5.07. The van der Waals surface area contributed by atoms with Crippen LogP contribution in [-0.4, -0.2) is 22.5 Å². The van der Waals surface area contributed by atoms with E-state index >= 15 is 0 Å². The molecule has 2 heterocycles. The Bertz CT molecular complexity index is 1050. The maximum atomic E-state index is 13.0. The molecule has 0 saturated heterocycles. The van der Waals surface area contributed by atoms with E-state index in [2.05, 4.69) is 23.9 Å². The number of nitrogens with zero attached hydrogens (tertiary/aromatic N) is 3. The van der Waals surface area contributed by atoms with Crippen LogP contribution in [0.2, 0.25) is 0 Å². The van der Waals surface area contributed by atoms with Gasteiger partial charge in [-0.05, 0) is 49.3 Å². The lowest BCUT2D eigenvalue weighted by atomic mass is 9.97. The van der Waals surface area contributed by atoms with Crippen molar-refractivity contribution in [2.24, 2.45) is 11.0 Å². The van der Waals surface area contributed by atoms with Gasteiger partial charge in [0, 0.05) is 10.4 Å². The molecular formula is C21H23N3O2S. The molecule has 0 amide bonds. The average molecular weight is 382 g/mol. The number of aromatic nitrogens is 2. The van der Waals surface area contributed by atoms with E-state index in [4.69, 9.17) is 4.74 Å². The highest BCUT2D eigenvalue weighted by Gasteiger charge is 2.19. The molecule has 2 aromatic heterocycles. The smallest absolute Gasteiger partial charge is 0.282 e. The molecule has 140 valence electrons. The second-order valence-corrected chi connectivity index (χ2v) is 8.36. The Morgan fingerprint density at radius 1 is 1.30 bits per heavy atom. The summed E-state index contributed by atoms with van der Waals surface area (Å²) in [5.41, 5.74) is 1.94. The topological polar surface area (TPSA) is 56.5 Å². The van der Waals surface area contributed by atoms with Crippen LogP contribution >= 0.6 is 11.3 Å². The summed E-state index contributed by atoms with van der Waals surface area (Å²) < 4.78 is 7.19. The van der Waals surface area contributed by atoms with Gasteiger partial charge in [-0.3, -0.25) is 4.79 Å². The van der Waals surface area contributed by atoms with Crippen LogP contribution in [-0.2, 0) is 12.8 Å². The lowest BCUT2D eigenvalue weighted by Crippen LogP contribution is -2.18. The predicted octanol–water partition coefficient (Wildman–Crippen LogP) is 4.25. The van der Waals surface area contributed by atoms with Gasteiger partial charge in [0.05, 0.1) is 18.2 Å².